The van der Waals surface area contributed by atoms with Gasteiger partial charge in [-0.2, -0.15) is 0 Å². The van der Waals surface area contributed by atoms with Gasteiger partial charge >= 0.3 is 0 Å². The number of piperazine rings is 1. The van der Waals surface area contributed by atoms with Crippen LogP contribution in [0.15, 0.2) is 4.52 Å². The highest BCUT2D eigenvalue weighted by molar-refractivity contribution is 5.99. The first-order valence-electron chi connectivity index (χ1n) is 6.96. The minimum absolute atomic E-state index is 0.0646. The van der Waals surface area contributed by atoms with Crippen LogP contribution in [-0.2, 0) is 0 Å². The molecular formula is C14H21N3O3. The molecule has 2 heterocycles. The van der Waals surface area contributed by atoms with Crippen molar-refractivity contribution in [3.05, 3.63) is 17.0 Å². The Morgan fingerprint density at radius 3 is 2.55 bits per heavy atom. The number of aromatic nitrogens is 1. The maximum Gasteiger partial charge on any atom is 0.293 e. The molecule has 1 amide bonds. The third-order valence-corrected chi connectivity index (χ3v) is 3.50. The minimum Gasteiger partial charge on any atom is -0.350 e. The highest BCUT2D eigenvalue weighted by Gasteiger charge is 2.28. The number of hydrogen-bond donors (Lipinski definition) is 0. The number of carbonyl (C=O) groups is 2. The van der Waals surface area contributed by atoms with Gasteiger partial charge in [-0.25, -0.2) is 0 Å². The fourth-order valence-corrected chi connectivity index (χ4v) is 2.46. The van der Waals surface area contributed by atoms with Gasteiger partial charge in [0.05, 0.1) is 11.3 Å². The smallest absolute Gasteiger partial charge is 0.293 e. The Bertz CT molecular complexity index is 488. The summed E-state index contributed by atoms with van der Waals surface area (Å²) in [5.41, 5.74) is 0.724. The van der Waals surface area contributed by atoms with Crippen LogP contribution in [0.2, 0.25) is 0 Å². The van der Waals surface area contributed by atoms with E-state index in [1.807, 2.05) is 0 Å². The van der Waals surface area contributed by atoms with E-state index in [0.29, 0.717) is 31.0 Å². The van der Waals surface area contributed by atoms with Crippen molar-refractivity contribution < 1.29 is 14.1 Å². The second kappa shape index (κ2) is 6.17. The maximum absolute atomic E-state index is 12.3. The minimum atomic E-state index is -0.239. The van der Waals surface area contributed by atoms with Crippen molar-refractivity contribution in [2.75, 3.05) is 32.7 Å². The number of carbonyl (C=O) groups excluding carboxylic acids is 2. The van der Waals surface area contributed by atoms with Gasteiger partial charge in [-0.15, -0.1) is 0 Å². The van der Waals surface area contributed by atoms with Crippen LogP contribution >= 0.6 is 0 Å². The van der Waals surface area contributed by atoms with E-state index in [0.717, 1.165) is 19.6 Å². The van der Waals surface area contributed by atoms with Crippen LogP contribution < -0.4 is 0 Å². The number of aryl methyl sites for hydroxylation is 1. The SMILES string of the molecule is Cc1noc(C(=O)N2CCN(CC(C)C)CC2)c1C=O. The van der Waals surface area contributed by atoms with Crippen molar-refractivity contribution in [1.82, 2.24) is 15.0 Å². The summed E-state index contributed by atoms with van der Waals surface area (Å²) in [6.45, 7) is 10.1. The Hall–Kier alpha value is -1.69. The third-order valence-electron chi connectivity index (χ3n) is 3.50. The zero-order chi connectivity index (χ0) is 14.7. The molecule has 1 fully saturated rings. The van der Waals surface area contributed by atoms with Gasteiger partial charge in [0, 0.05) is 32.7 Å². The Labute approximate surface area is 118 Å². The van der Waals surface area contributed by atoms with E-state index in [1.54, 1.807) is 11.8 Å². The molecule has 0 saturated carbocycles. The van der Waals surface area contributed by atoms with E-state index in [-0.39, 0.29) is 17.2 Å². The number of nitrogens with zero attached hydrogens (tertiary/aromatic N) is 3. The Balaban J connectivity index is 2.00. The zero-order valence-electron chi connectivity index (χ0n) is 12.3. The normalized spacial score (nSPS) is 16.7. The van der Waals surface area contributed by atoms with E-state index in [2.05, 4.69) is 23.9 Å². The van der Waals surface area contributed by atoms with Gasteiger partial charge in [-0.1, -0.05) is 19.0 Å². The summed E-state index contributed by atoms with van der Waals surface area (Å²) in [7, 11) is 0. The van der Waals surface area contributed by atoms with Crippen molar-refractivity contribution in [1.29, 1.82) is 0 Å². The molecule has 0 aliphatic carbocycles. The molecule has 0 unspecified atom stereocenters. The van der Waals surface area contributed by atoms with Gasteiger partial charge in [-0.3, -0.25) is 14.5 Å². The van der Waals surface area contributed by atoms with Gasteiger partial charge in [-0.05, 0) is 12.8 Å². The van der Waals surface area contributed by atoms with Crippen molar-refractivity contribution in [3.8, 4) is 0 Å². The van der Waals surface area contributed by atoms with Gasteiger partial charge in [0.2, 0.25) is 5.76 Å². The van der Waals surface area contributed by atoms with E-state index in [9.17, 15) is 9.59 Å². The van der Waals surface area contributed by atoms with E-state index >= 15 is 0 Å². The summed E-state index contributed by atoms with van der Waals surface area (Å²) >= 11 is 0. The lowest BCUT2D eigenvalue weighted by Crippen LogP contribution is -2.49. The number of amides is 1. The number of rotatable bonds is 4. The molecule has 6 nitrogen and oxygen atoms in total. The lowest BCUT2D eigenvalue weighted by Gasteiger charge is -2.35. The first kappa shape index (κ1) is 14.7. The van der Waals surface area contributed by atoms with Crippen LogP contribution in [0.25, 0.3) is 0 Å². The van der Waals surface area contributed by atoms with Crippen molar-refractivity contribution in [2.24, 2.45) is 5.92 Å². The van der Waals surface area contributed by atoms with E-state index in [4.69, 9.17) is 4.52 Å². The summed E-state index contributed by atoms with van der Waals surface area (Å²) in [6.07, 6.45) is 0.633. The molecule has 110 valence electrons. The quantitative estimate of drug-likeness (QED) is 0.775. The van der Waals surface area contributed by atoms with Crippen molar-refractivity contribution >= 4 is 12.2 Å². The molecule has 6 heteroatoms. The zero-order valence-corrected chi connectivity index (χ0v) is 12.3. The summed E-state index contributed by atoms with van der Waals surface area (Å²) in [4.78, 5) is 27.4. The molecule has 0 radical (unpaired) electrons. The summed E-state index contributed by atoms with van der Waals surface area (Å²) < 4.78 is 5.01. The summed E-state index contributed by atoms with van der Waals surface area (Å²) in [5.74, 6) is 0.447. The van der Waals surface area contributed by atoms with Crippen LogP contribution in [0.5, 0.6) is 0 Å². The van der Waals surface area contributed by atoms with Crippen LogP contribution in [0, 0.1) is 12.8 Å². The largest absolute Gasteiger partial charge is 0.350 e. The highest BCUT2D eigenvalue weighted by atomic mass is 16.5. The maximum atomic E-state index is 12.3. The summed E-state index contributed by atoms with van der Waals surface area (Å²) in [6, 6.07) is 0. The van der Waals surface area contributed by atoms with Crippen LogP contribution in [0.1, 0.15) is 40.5 Å². The standard InChI is InChI=1S/C14H21N3O3/c1-10(2)8-16-4-6-17(7-5-16)14(19)13-12(9-18)11(3)15-20-13/h9-10H,4-8H2,1-3H3. The fraction of sp³-hybridized carbons (Fsp3) is 0.643. The molecule has 0 spiro atoms. The Kier molecular flexibility index (Phi) is 4.54. The molecule has 0 atom stereocenters. The molecule has 0 bridgehead atoms. The molecule has 0 aromatic carbocycles. The fourth-order valence-electron chi connectivity index (χ4n) is 2.46. The summed E-state index contributed by atoms with van der Waals surface area (Å²) in [5, 5.41) is 3.69. The topological polar surface area (TPSA) is 66.7 Å². The second-order valence-electron chi connectivity index (χ2n) is 5.62. The number of aldehydes is 1. The molecule has 1 aromatic heterocycles. The average Bonchev–Trinajstić information content (AvgIpc) is 2.79. The first-order valence-corrected chi connectivity index (χ1v) is 6.96. The molecule has 1 aromatic rings. The van der Waals surface area contributed by atoms with Gasteiger partial charge in [0.1, 0.15) is 0 Å². The lowest BCUT2D eigenvalue weighted by molar-refractivity contribution is 0.0582. The Morgan fingerprint density at radius 1 is 1.35 bits per heavy atom. The Morgan fingerprint density at radius 2 is 2.00 bits per heavy atom. The average molecular weight is 279 g/mol. The van der Waals surface area contributed by atoms with E-state index < -0.39 is 0 Å². The van der Waals surface area contributed by atoms with Gasteiger partial charge in [0.25, 0.3) is 5.91 Å². The predicted octanol–water partition coefficient (Wildman–Crippen LogP) is 1.21. The van der Waals surface area contributed by atoms with E-state index in [1.165, 1.54) is 0 Å². The molecule has 20 heavy (non-hydrogen) atoms. The highest BCUT2D eigenvalue weighted by Crippen LogP contribution is 2.15. The third kappa shape index (κ3) is 3.07. The molecular weight excluding hydrogens is 258 g/mol. The van der Waals surface area contributed by atoms with Crippen LogP contribution in [0.4, 0.5) is 0 Å². The predicted molar refractivity (Wildman–Crippen MR) is 73.8 cm³/mol. The van der Waals surface area contributed by atoms with Gasteiger partial charge < -0.3 is 9.42 Å². The van der Waals surface area contributed by atoms with Crippen LogP contribution in [-0.4, -0.2) is 59.9 Å². The van der Waals surface area contributed by atoms with Crippen LogP contribution in [0.3, 0.4) is 0 Å². The molecule has 1 saturated heterocycles. The molecule has 1 aliphatic rings. The second-order valence-corrected chi connectivity index (χ2v) is 5.62. The molecule has 2 rings (SSSR count). The lowest BCUT2D eigenvalue weighted by atomic mass is 10.1. The molecule has 1 aliphatic heterocycles. The monoisotopic (exact) mass is 279 g/mol. The van der Waals surface area contributed by atoms with Gasteiger partial charge in [0.15, 0.2) is 6.29 Å². The molecule has 0 N–H and O–H groups in total. The first-order chi connectivity index (χ1) is 9.52. The number of hydrogen-bond acceptors (Lipinski definition) is 5. The van der Waals surface area contributed by atoms with Crippen molar-refractivity contribution in [2.45, 2.75) is 20.8 Å². The van der Waals surface area contributed by atoms with Crippen molar-refractivity contribution in [3.63, 3.8) is 0 Å².